The van der Waals surface area contributed by atoms with Crippen LogP contribution in [0.1, 0.15) is 17.3 Å². The first-order valence-electron chi connectivity index (χ1n) is 3.77. The van der Waals surface area contributed by atoms with Gasteiger partial charge < -0.3 is 4.74 Å². The molecular weight excluding hydrogens is 286 g/mol. The molecule has 0 saturated carbocycles. The van der Waals surface area contributed by atoms with Crippen LogP contribution < -0.4 is 0 Å². The number of carbonyl (C=O) groups is 1. The Kier molecular flexibility index (Phi) is 3.65. The van der Waals surface area contributed by atoms with Crippen molar-refractivity contribution in [2.75, 3.05) is 6.61 Å². The van der Waals surface area contributed by atoms with E-state index in [4.69, 9.17) is 4.74 Å². The largest absolute Gasteiger partial charge is 0.462 e. The third kappa shape index (κ3) is 2.65. The van der Waals surface area contributed by atoms with Crippen molar-refractivity contribution in [2.24, 2.45) is 0 Å². The fraction of sp³-hybridized carbons (Fsp3) is 0.222. The third-order valence-electron chi connectivity index (χ3n) is 1.43. The number of esters is 1. The van der Waals surface area contributed by atoms with E-state index in [2.05, 4.69) is 0 Å². The summed E-state index contributed by atoms with van der Waals surface area (Å²) in [5.41, 5.74) is 0.406. The first-order valence-corrected chi connectivity index (χ1v) is 4.85. The van der Waals surface area contributed by atoms with Crippen molar-refractivity contribution >= 4 is 28.6 Å². The van der Waals surface area contributed by atoms with E-state index in [1.54, 1.807) is 6.92 Å². The van der Waals surface area contributed by atoms with Gasteiger partial charge in [0.15, 0.2) is 0 Å². The molecular formula is C9H8FIO2. The molecule has 1 aromatic carbocycles. The van der Waals surface area contributed by atoms with Crippen LogP contribution in [0.3, 0.4) is 0 Å². The van der Waals surface area contributed by atoms with Crippen molar-refractivity contribution in [2.45, 2.75) is 6.92 Å². The van der Waals surface area contributed by atoms with Gasteiger partial charge in [0, 0.05) is 3.57 Å². The highest BCUT2D eigenvalue weighted by Crippen LogP contribution is 2.14. The van der Waals surface area contributed by atoms with Crippen LogP contribution in [0.15, 0.2) is 18.2 Å². The van der Waals surface area contributed by atoms with Gasteiger partial charge in [-0.15, -0.1) is 0 Å². The molecule has 2 nitrogen and oxygen atoms in total. The van der Waals surface area contributed by atoms with E-state index in [0.717, 1.165) is 0 Å². The number of rotatable bonds is 2. The summed E-state index contributed by atoms with van der Waals surface area (Å²) in [5, 5.41) is 0. The van der Waals surface area contributed by atoms with E-state index in [-0.39, 0.29) is 5.82 Å². The average Bonchev–Trinajstić information content (AvgIpc) is 2.04. The molecule has 0 atom stereocenters. The zero-order valence-corrected chi connectivity index (χ0v) is 9.17. The van der Waals surface area contributed by atoms with Crippen LogP contribution >= 0.6 is 22.6 Å². The van der Waals surface area contributed by atoms with Gasteiger partial charge in [0.2, 0.25) is 0 Å². The SMILES string of the molecule is CCOC(=O)c1ccc(F)cc1I. The van der Waals surface area contributed by atoms with E-state index >= 15 is 0 Å². The molecule has 13 heavy (non-hydrogen) atoms. The zero-order valence-electron chi connectivity index (χ0n) is 7.01. The van der Waals surface area contributed by atoms with Gasteiger partial charge in [-0.25, -0.2) is 9.18 Å². The van der Waals surface area contributed by atoms with Gasteiger partial charge in [0.05, 0.1) is 12.2 Å². The molecule has 70 valence electrons. The lowest BCUT2D eigenvalue weighted by molar-refractivity contribution is 0.0525. The van der Waals surface area contributed by atoms with Crippen molar-refractivity contribution < 1.29 is 13.9 Å². The summed E-state index contributed by atoms with van der Waals surface area (Å²) in [5.74, 6) is -0.760. The highest BCUT2D eigenvalue weighted by atomic mass is 127. The molecule has 0 radical (unpaired) electrons. The molecule has 0 amide bonds. The number of ether oxygens (including phenoxy) is 1. The normalized spacial score (nSPS) is 9.77. The van der Waals surface area contributed by atoms with Crippen LogP contribution in [0.25, 0.3) is 0 Å². The fourth-order valence-electron chi connectivity index (χ4n) is 0.864. The molecule has 1 rings (SSSR count). The van der Waals surface area contributed by atoms with Gasteiger partial charge in [-0.1, -0.05) is 0 Å². The van der Waals surface area contributed by atoms with Crippen LogP contribution in [-0.4, -0.2) is 12.6 Å². The number of hydrogen-bond acceptors (Lipinski definition) is 2. The van der Waals surface area contributed by atoms with Gasteiger partial charge in [0.25, 0.3) is 0 Å². The minimum Gasteiger partial charge on any atom is -0.462 e. The lowest BCUT2D eigenvalue weighted by Gasteiger charge is -2.03. The Hall–Kier alpha value is -0.650. The topological polar surface area (TPSA) is 26.3 Å². The molecule has 0 aliphatic carbocycles. The standard InChI is InChI=1S/C9H8FIO2/c1-2-13-9(12)7-4-3-6(10)5-8(7)11/h3-5H,2H2,1H3. The molecule has 0 heterocycles. The van der Waals surface area contributed by atoms with E-state index in [0.29, 0.717) is 15.7 Å². The summed E-state index contributed by atoms with van der Waals surface area (Å²) < 4.78 is 18.0. The van der Waals surface area contributed by atoms with Crippen LogP contribution in [0, 0.1) is 9.39 Å². The smallest absolute Gasteiger partial charge is 0.339 e. The molecule has 4 heteroatoms. The van der Waals surface area contributed by atoms with Gasteiger partial charge in [0.1, 0.15) is 5.82 Å². The molecule has 0 spiro atoms. The molecule has 0 N–H and O–H groups in total. The van der Waals surface area contributed by atoms with Crippen molar-refractivity contribution in [3.63, 3.8) is 0 Å². The first-order chi connectivity index (χ1) is 6.15. The quantitative estimate of drug-likeness (QED) is 0.619. The number of halogens is 2. The lowest BCUT2D eigenvalue weighted by atomic mass is 10.2. The van der Waals surface area contributed by atoms with Crippen molar-refractivity contribution in [3.05, 3.63) is 33.1 Å². The molecule has 0 saturated heterocycles. The van der Waals surface area contributed by atoms with E-state index in [1.165, 1.54) is 18.2 Å². The van der Waals surface area contributed by atoms with Crippen molar-refractivity contribution in [1.29, 1.82) is 0 Å². The van der Waals surface area contributed by atoms with Gasteiger partial charge in [-0.2, -0.15) is 0 Å². The second kappa shape index (κ2) is 4.55. The van der Waals surface area contributed by atoms with Gasteiger partial charge in [-0.3, -0.25) is 0 Å². The van der Waals surface area contributed by atoms with Gasteiger partial charge >= 0.3 is 5.97 Å². The maximum atomic E-state index is 12.6. The molecule has 0 bridgehead atoms. The highest BCUT2D eigenvalue weighted by molar-refractivity contribution is 14.1. The summed E-state index contributed by atoms with van der Waals surface area (Å²) >= 11 is 1.90. The van der Waals surface area contributed by atoms with Crippen molar-refractivity contribution in [3.8, 4) is 0 Å². The number of benzene rings is 1. The number of hydrogen-bond donors (Lipinski definition) is 0. The number of carbonyl (C=O) groups excluding carboxylic acids is 1. The lowest BCUT2D eigenvalue weighted by Crippen LogP contribution is -2.06. The van der Waals surface area contributed by atoms with Gasteiger partial charge in [-0.05, 0) is 47.7 Å². The second-order valence-electron chi connectivity index (χ2n) is 2.34. The Morgan fingerprint density at radius 2 is 2.31 bits per heavy atom. The summed E-state index contributed by atoms with van der Waals surface area (Å²) in [6, 6.07) is 3.97. The third-order valence-corrected chi connectivity index (χ3v) is 2.32. The monoisotopic (exact) mass is 294 g/mol. The van der Waals surface area contributed by atoms with E-state index in [9.17, 15) is 9.18 Å². The Morgan fingerprint density at radius 1 is 1.62 bits per heavy atom. The summed E-state index contributed by atoms with van der Waals surface area (Å²) in [6.45, 7) is 2.06. The minimum atomic E-state index is -0.410. The predicted octanol–water partition coefficient (Wildman–Crippen LogP) is 2.61. The summed E-state index contributed by atoms with van der Waals surface area (Å²) in [7, 11) is 0. The van der Waals surface area contributed by atoms with E-state index < -0.39 is 5.97 Å². The molecule has 0 fully saturated rings. The zero-order chi connectivity index (χ0) is 9.84. The van der Waals surface area contributed by atoms with Crippen LogP contribution in [-0.2, 0) is 4.74 Å². The fourth-order valence-corrected chi connectivity index (χ4v) is 1.56. The second-order valence-corrected chi connectivity index (χ2v) is 3.51. The Bertz CT molecular complexity index is 325. The maximum absolute atomic E-state index is 12.6. The molecule has 0 unspecified atom stereocenters. The summed E-state index contributed by atoms with van der Waals surface area (Å²) in [4.78, 5) is 11.2. The Labute approximate surface area is 89.2 Å². The molecule has 0 aliphatic heterocycles. The minimum absolute atomic E-state index is 0.326. The predicted molar refractivity (Wildman–Crippen MR) is 55.1 cm³/mol. The Balaban J connectivity index is 2.95. The average molecular weight is 294 g/mol. The van der Waals surface area contributed by atoms with Crippen LogP contribution in [0.2, 0.25) is 0 Å². The Morgan fingerprint density at radius 3 is 2.85 bits per heavy atom. The maximum Gasteiger partial charge on any atom is 0.339 e. The van der Waals surface area contributed by atoms with Crippen molar-refractivity contribution in [1.82, 2.24) is 0 Å². The van der Waals surface area contributed by atoms with E-state index in [1.807, 2.05) is 22.6 Å². The highest BCUT2D eigenvalue weighted by Gasteiger charge is 2.10. The summed E-state index contributed by atoms with van der Waals surface area (Å²) in [6.07, 6.45) is 0. The van der Waals surface area contributed by atoms with Crippen LogP contribution in [0.4, 0.5) is 4.39 Å². The molecule has 0 aliphatic rings. The van der Waals surface area contributed by atoms with Crippen LogP contribution in [0.5, 0.6) is 0 Å². The molecule has 1 aromatic rings. The molecule has 0 aromatic heterocycles. The first kappa shape index (κ1) is 10.4.